The predicted octanol–water partition coefficient (Wildman–Crippen LogP) is 4.29. The van der Waals surface area contributed by atoms with Crippen LogP contribution in [0.3, 0.4) is 0 Å². The third-order valence-corrected chi connectivity index (χ3v) is 5.12. The summed E-state index contributed by atoms with van der Waals surface area (Å²) in [6.45, 7) is 6.26. The number of nitrogens with zero attached hydrogens (tertiary/aromatic N) is 1. The van der Waals surface area contributed by atoms with E-state index < -0.39 is 5.54 Å². The zero-order valence-electron chi connectivity index (χ0n) is 14.4. The number of alkyl halides is 1. The van der Waals surface area contributed by atoms with Gasteiger partial charge in [0.25, 0.3) is 0 Å². The number of hydrogen-bond acceptors (Lipinski definition) is 2. The number of allylic oxidation sites excluding steroid dienone is 4. The van der Waals surface area contributed by atoms with Gasteiger partial charge < -0.3 is 4.98 Å². The number of pyridine rings is 1. The topological polar surface area (TPSA) is 45.2 Å². The molecule has 1 aromatic rings. The molecule has 1 N–H and O–H groups in total. The summed E-state index contributed by atoms with van der Waals surface area (Å²) in [5.41, 5.74) is 5.38. The van der Waals surface area contributed by atoms with E-state index in [4.69, 9.17) is 16.6 Å². The fraction of sp³-hybridized carbons (Fsp3) is 0.400. The Hall–Kier alpha value is -1.87. The molecule has 0 aromatic carbocycles. The highest BCUT2D eigenvalue weighted by atomic mass is 35.5. The van der Waals surface area contributed by atoms with Crippen molar-refractivity contribution >= 4 is 17.8 Å². The molecule has 2 aliphatic rings. The average molecular weight is 343 g/mol. The van der Waals surface area contributed by atoms with Crippen molar-refractivity contribution in [3.63, 3.8) is 0 Å². The molecule has 126 valence electrons. The molecule has 1 heterocycles. The van der Waals surface area contributed by atoms with Crippen molar-refractivity contribution in [2.24, 2.45) is 10.9 Å². The van der Waals surface area contributed by atoms with Gasteiger partial charge in [-0.15, -0.1) is 11.6 Å². The summed E-state index contributed by atoms with van der Waals surface area (Å²) in [5, 5.41) is 0. The van der Waals surface area contributed by atoms with Crippen LogP contribution in [0.5, 0.6) is 0 Å². The van der Waals surface area contributed by atoms with E-state index >= 15 is 0 Å². The molecular weight excluding hydrogens is 320 g/mol. The molecule has 2 unspecified atom stereocenters. The summed E-state index contributed by atoms with van der Waals surface area (Å²) in [6, 6.07) is 3.56. The molecule has 1 aromatic heterocycles. The molecule has 0 aliphatic heterocycles. The third-order valence-electron chi connectivity index (χ3n) is 4.97. The van der Waals surface area contributed by atoms with Crippen LogP contribution in [0.2, 0.25) is 0 Å². The van der Waals surface area contributed by atoms with Crippen LogP contribution in [0.15, 0.2) is 56.9 Å². The molecule has 3 nitrogen and oxygen atoms in total. The first kappa shape index (κ1) is 17.0. The Labute approximate surface area is 147 Å². The van der Waals surface area contributed by atoms with Crippen LogP contribution in [0.4, 0.5) is 0 Å². The maximum absolute atomic E-state index is 11.8. The van der Waals surface area contributed by atoms with Crippen LogP contribution < -0.4 is 5.56 Å². The highest BCUT2D eigenvalue weighted by Gasteiger charge is 2.46. The first-order chi connectivity index (χ1) is 11.5. The molecule has 2 atom stereocenters. The smallest absolute Gasteiger partial charge is 0.248 e. The molecule has 2 aliphatic carbocycles. The second-order valence-electron chi connectivity index (χ2n) is 6.68. The maximum atomic E-state index is 11.8. The van der Waals surface area contributed by atoms with Gasteiger partial charge in [0, 0.05) is 41.8 Å². The molecule has 0 saturated carbocycles. The zero-order chi connectivity index (χ0) is 17.3. The molecule has 0 radical (unpaired) electrons. The standard InChI is InChI=1S/C20H23ClN2O/c1-4-16-15-9-14(3)11-20(16,22-12-13(2)7-8-21)17-5-6-19(24)23-18(17)10-15/h4-7,9,12,15H,8,10-11H2,1-3H3,(H,23,24)/b13-7-,16-4+,22-12?. The molecule has 0 spiro atoms. The first-order valence-electron chi connectivity index (χ1n) is 8.35. The van der Waals surface area contributed by atoms with Crippen molar-refractivity contribution in [2.45, 2.75) is 39.2 Å². The van der Waals surface area contributed by atoms with Crippen LogP contribution in [0.25, 0.3) is 0 Å². The highest BCUT2D eigenvalue weighted by Crippen LogP contribution is 2.51. The monoisotopic (exact) mass is 342 g/mol. The predicted molar refractivity (Wildman–Crippen MR) is 101 cm³/mol. The number of H-pyrrole nitrogens is 1. The van der Waals surface area contributed by atoms with Gasteiger partial charge >= 0.3 is 0 Å². The van der Waals surface area contributed by atoms with Gasteiger partial charge in [0.2, 0.25) is 5.56 Å². The Bertz CT molecular complexity index is 828. The summed E-state index contributed by atoms with van der Waals surface area (Å²) in [7, 11) is 0. The minimum atomic E-state index is -0.419. The van der Waals surface area contributed by atoms with Gasteiger partial charge in [-0.3, -0.25) is 9.79 Å². The Balaban J connectivity index is 2.23. The van der Waals surface area contributed by atoms with Crippen molar-refractivity contribution in [3.05, 3.63) is 68.7 Å². The van der Waals surface area contributed by atoms with Crippen LogP contribution in [-0.4, -0.2) is 17.1 Å². The van der Waals surface area contributed by atoms with Crippen molar-refractivity contribution in [1.82, 2.24) is 4.98 Å². The summed E-state index contributed by atoms with van der Waals surface area (Å²) in [5.74, 6) is 0.774. The van der Waals surface area contributed by atoms with Gasteiger partial charge in [-0.2, -0.15) is 0 Å². The van der Waals surface area contributed by atoms with Crippen LogP contribution in [0.1, 0.15) is 38.4 Å². The number of fused-ring (bicyclic) bond motifs is 4. The summed E-state index contributed by atoms with van der Waals surface area (Å²) in [4.78, 5) is 19.9. The molecule has 4 heteroatoms. The molecule has 0 fully saturated rings. The van der Waals surface area contributed by atoms with Gasteiger partial charge in [-0.05, 0) is 44.4 Å². The number of aromatic amines is 1. The summed E-state index contributed by atoms with van der Waals surface area (Å²) < 4.78 is 0. The average Bonchev–Trinajstić information content (AvgIpc) is 2.52. The third kappa shape index (κ3) is 2.82. The quantitative estimate of drug-likeness (QED) is 0.497. The fourth-order valence-electron chi connectivity index (χ4n) is 4.04. The van der Waals surface area contributed by atoms with E-state index in [9.17, 15) is 4.79 Å². The van der Waals surface area contributed by atoms with Crippen molar-refractivity contribution < 1.29 is 0 Å². The lowest BCUT2D eigenvalue weighted by Gasteiger charge is -2.45. The first-order valence-corrected chi connectivity index (χ1v) is 8.88. The molecule has 0 amide bonds. The largest absolute Gasteiger partial charge is 0.326 e. The van der Waals surface area contributed by atoms with Gasteiger partial charge in [0.15, 0.2) is 0 Å². The molecular formula is C20H23ClN2O. The van der Waals surface area contributed by atoms with E-state index in [1.165, 1.54) is 11.1 Å². The van der Waals surface area contributed by atoms with E-state index in [2.05, 4.69) is 31.0 Å². The van der Waals surface area contributed by atoms with E-state index in [0.717, 1.165) is 29.7 Å². The SMILES string of the molecule is C/C=C1\C2C=C(C)CC1(N=C/C(C)=C\CCl)c1ccc(=O)[nH]c1C2. The summed E-state index contributed by atoms with van der Waals surface area (Å²) >= 11 is 5.80. The molecule has 0 saturated heterocycles. The fourth-order valence-corrected chi connectivity index (χ4v) is 4.28. The van der Waals surface area contributed by atoms with E-state index in [0.29, 0.717) is 11.8 Å². The molecule has 24 heavy (non-hydrogen) atoms. The Morgan fingerprint density at radius 2 is 2.29 bits per heavy atom. The number of nitrogens with one attached hydrogen (secondary N) is 1. The number of hydrogen-bond donors (Lipinski definition) is 1. The summed E-state index contributed by atoms with van der Waals surface area (Å²) in [6.07, 6.45) is 10.1. The van der Waals surface area contributed by atoms with Crippen LogP contribution in [0, 0.1) is 5.92 Å². The Morgan fingerprint density at radius 3 is 3.00 bits per heavy atom. The van der Waals surface area contributed by atoms with E-state index in [-0.39, 0.29) is 5.56 Å². The van der Waals surface area contributed by atoms with Gasteiger partial charge in [0.1, 0.15) is 5.54 Å². The lowest BCUT2D eigenvalue weighted by atomic mass is 9.63. The maximum Gasteiger partial charge on any atom is 0.248 e. The van der Waals surface area contributed by atoms with E-state index in [1.54, 1.807) is 6.07 Å². The number of aromatic nitrogens is 1. The van der Waals surface area contributed by atoms with Crippen molar-refractivity contribution in [1.29, 1.82) is 0 Å². The molecule has 2 bridgehead atoms. The molecule has 3 rings (SSSR count). The van der Waals surface area contributed by atoms with E-state index in [1.807, 2.05) is 25.3 Å². The van der Waals surface area contributed by atoms with Crippen molar-refractivity contribution in [2.75, 3.05) is 5.88 Å². The van der Waals surface area contributed by atoms with Gasteiger partial charge in [0.05, 0.1) is 0 Å². The number of rotatable bonds is 3. The Kier molecular flexibility index (Phi) is 4.64. The Morgan fingerprint density at radius 1 is 1.50 bits per heavy atom. The van der Waals surface area contributed by atoms with Crippen molar-refractivity contribution in [3.8, 4) is 0 Å². The van der Waals surface area contributed by atoms with Gasteiger partial charge in [-0.1, -0.05) is 23.8 Å². The highest BCUT2D eigenvalue weighted by molar-refractivity contribution is 6.19. The second-order valence-corrected chi connectivity index (χ2v) is 6.99. The second kappa shape index (κ2) is 6.56. The normalized spacial score (nSPS) is 28.2. The minimum Gasteiger partial charge on any atom is -0.326 e. The lowest BCUT2D eigenvalue weighted by molar-refractivity contribution is 0.413. The lowest BCUT2D eigenvalue weighted by Crippen LogP contribution is -2.40. The number of aliphatic imine (C=N–C) groups is 1. The zero-order valence-corrected chi connectivity index (χ0v) is 15.2. The van der Waals surface area contributed by atoms with Gasteiger partial charge in [-0.25, -0.2) is 0 Å². The van der Waals surface area contributed by atoms with Crippen LogP contribution >= 0.6 is 11.6 Å². The number of halogens is 1. The van der Waals surface area contributed by atoms with Crippen LogP contribution in [-0.2, 0) is 12.0 Å². The minimum absolute atomic E-state index is 0.0474.